The number of ether oxygens (including phenoxy) is 2. The van der Waals surface area contributed by atoms with Crippen molar-refractivity contribution in [1.29, 1.82) is 0 Å². The van der Waals surface area contributed by atoms with Crippen molar-refractivity contribution in [3.8, 4) is 0 Å². The van der Waals surface area contributed by atoms with Crippen LogP contribution in [0.2, 0.25) is 0 Å². The molecule has 1 saturated heterocycles. The standard InChI is InChI=1S/C27H27NO6/c29-16-8-7-13-21-14-15-24(30)25(34-21)22(17-19-9-3-1-4-10-19)26(31)28-23(18-33-27(28)32)20-11-5-2-6-12-20/h1-6,9-15,22-23,25,29H,7-8,16-18H2/t22-,23+,25-/m1/s1. The Bertz CT molecular complexity index is 1080. The monoisotopic (exact) mass is 461 g/mol. The topological polar surface area (TPSA) is 93.1 Å². The number of hydrogen-bond donors (Lipinski definition) is 1. The molecule has 2 heterocycles. The number of amides is 2. The molecule has 2 amide bonds. The molecule has 1 fully saturated rings. The van der Waals surface area contributed by atoms with Gasteiger partial charge in [-0.25, -0.2) is 9.69 Å². The third-order valence-corrected chi connectivity index (χ3v) is 5.94. The van der Waals surface area contributed by atoms with Gasteiger partial charge in [0.1, 0.15) is 18.4 Å². The number of imide groups is 1. The SMILES string of the molecule is O=C1C=CC(=CCCCO)O[C@@H]1[C@@H](Cc1ccccc1)C(=O)N1C(=O)OC[C@H]1c1ccccc1. The van der Waals surface area contributed by atoms with Gasteiger partial charge in [-0.15, -0.1) is 0 Å². The molecule has 0 bridgehead atoms. The van der Waals surface area contributed by atoms with Crippen LogP contribution >= 0.6 is 0 Å². The lowest BCUT2D eigenvalue weighted by atomic mass is 9.88. The Hall–Kier alpha value is -3.71. The summed E-state index contributed by atoms with van der Waals surface area (Å²) in [6, 6.07) is 18.0. The fourth-order valence-electron chi connectivity index (χ4n) is 4.19. The minimum atomic E-state index is -1.08. The van der Waals surface area contributed by atoms with Gasteiger partial charge >= 0.3 is 6.09 Å². The normalized spacial score (nSPS) is 21.9. The van der Waals surface area contributed by atoms with Crippen molar-refractivity contribution in [2.24, 2.45) is 5.92 Å². The van der Waals surface area contributed by atoms with E-state index < -0.39 is 30.1 Å². The first-order valence-electron chi connectivity index (χ1n) is 11.4. The van der Waals surface area contributed by atoms with Crippen LogP contribution in [0.25, 0.3) is 0 Å². The predicted molar refractivity (Wildman–Crippen MR) is 124 cm³/mol. The van der Waals surface area contributed by atoms with Crippen LogP contribution in [0.1, 0.15) is 30.0 Å². The summed E-state index contributed by atoms with van der Waals surface area (Å²) < 4.78 is 11.2. The van der Waals surface area contributed by atoms with Gasteiger partial charge in [-0.2, -0.15) is 0 Å². The second-order valence-electron chi connectivity index (χ2n) is 8.25. The zero-order chi connectivity index (χ0) is 23.9. The molecule has 0 radical (unpaired) electrons. The first kappa shape index (κ1) is 23.4. The number of aliphatic hydroxyl groups excluding tert-OH is 1. The number of benzene rings is 2. The molecule has 4 rings (SSSR count). The smallest absolute Gasteiger partial charge is 0.417 e. The molecule has 0 aromatic heterocycles. The van der Waals surface area contributed by atoms with Crippen LogP contribution in [0.3, 0.4) is 0 Å². The average molecular weight is 462 g/mol. The van der Waals surface area contributed by atoms with Crippen molar-refractivity contribution in [3.05, 3.63) is 95.8 Å². The molecule has 0 aliphatic carbocycles. The number of rotatable bonds is 8. The minimum Gasteiger partial charge on any atom is -0.482 e. The second kappa shape index (κ2) is 10.9. The lowest BCUT2D eigenvalue weighted by Gasteiger charge is -2.31. The number of nitrogens with zero attached hydrogens (tertiary/aromatic N) is 1. The Morgan fingerprint density at radius 2 is 1.76 bits per heavy atom. The van der Waals surface area contributed by atoms with Gasteiger partial charge in [-0.05, 0) is 48.6 Å². The van der Waals surface area contributed by atoms with E-state index in [2.05, 4.69) is 0 Å². The number of aliphatic hydroxyl groups is 1. The molecule has 2 aromatic rings. The molecule has 2 aliphatic heterocycles. The number of cyclic esters (lactones) is 1. The first-order chi connectivity index (χ1) is 16.6. The summed E-state index contributed by atoms with van der Waals surface area (Å²) in [5, 5.41) is 9.04. The molecule has 7 heteroatoms. The molecule has 3 atom stereocenters. The zero-order valence-corrected chi connectivity index (χ0v) is 18.7. The molecule has 1 N–H and O–H groups in total. The van der Waals surface area contributed by atoms with Crippen LogP contribution in [-0.2, 0) is 25.5 Å². The minimum absolute atomic E-state index is 0.0446. The van der Waals surface area contributed by atoms with Gasteiger partial charge in [0.05, 0.1) is 5.92 Å². The molecule has 0 unspecified atom stereocenters. The van der Waals surface area contributed by atoms with Gasteiger partial charge in [0.15, 0.2) is 11.9 Å². The summed E-state index contributed by atoms with van der Waals surface area (Å²) in [5.74, 6) is -1.31. The van der Waals surface area contributed by atoms with E-state index >= 15 is 0 Å². The average Bonchev–Trinajstić information content (AvgIpc) is 3.26. The van der Waals surface area contributed by atoms with Crippen molar-refractivity contribution in [2.45, 2.75) is 31.4 Å². The van der Waals surface area contributed by atoms with E-state index in [0.29, 0.717) is 18.6 Å². The highest BCUT2D eigenvalue weighted by molar-refractivity contribution is 6.02. The predicted octanol–water partition coefficient (Wildman–Crippen LogP) is 3.75. The summed E-state index contributed by atoms with van der Waals surface area (Å²) >= 11 is 0. The van der Waals surface area contributed by atoms with Crippen molar-refractivity contribution < 1.29 is 29.0 Å². The summed E-state index contributed by atoms with van der Waals surface area (Å²) in [6.45, 7) is 0.0985. The molecule has 176 valence electrons. The Morgan fingerprint density at radius 3 is 2.47 bits per heavy atom. The molecule has 34 heavy (non-hydrogen) atoms. The number of carbonyl (C=O) groups is 3. The highest BCUT2D eigenvalue weighted by Gasteiger charge is 2.46. The van der Waals surface area contributed by atoms with Gasteiger partial charge in [-0.1, -0.05) is 60.7 Å². The van der Waals surface area contributed by atoms with Gasteiger partial charge < -0.3 is 14.6 Å². The highest BCUT2D eigenvalue weighted by Crippen LogP contribution is 2.32. The Balaban J connectivity index is 1.66. The van der Waals surface area contributed by atoms with Gasteiger partial charge in [0.25, 0.3) is 0 Å². The van der Waals surface area contributed by atoms with Gasteiger partial charge in [0.2, 0.25) is 5.91 Å². The van der Waals surface area contributed by atoms with Crippen LogP contribution in [0.4, 0.5) is 4.79 Å². The summed E-state index contributed by atoms with van der Waals surface area (Å²) in [5.41, 5.74) is 1.63. The van der Waals surface area contributed by atoms with E-state index in [1.54, 1.807) is 12.2 Å². The van der Waals surface area contributed by atoms with Crippen molar-refractivity contribution >= 4 is 17.8 Å². The third kappa shape index (κ3) is 5.26. The largest absolute Gasteiger partial charge is 0.482 e. The maximum atomic E-state index is 13.9. The van der Waals surface area contributed by atoms with Gasteiger partial charge in [0, 0.05) is 6.61 Å². The summed E-state index contributed by atoms with van der Waals surface area (Å²) in [6.07, 6.45) is 4.30. The molecule has 2 aromatic carbocycles. The molecule has 7 nitrogen and oxygen atoms in total. The number of ketones is 1. The molecule has 0 spiro atoms. The van der Waals surface area contributed by atoms with Crippen molar-refractivity contribution in [3.63, 3.8) is 0 Å². The van der Waals surface area contributed by atoms with E-state index in [0.717, 1.165) is 16.0 Å². The van der Waals surface area contributed by atoms with E-state index in [1.807, 2.05) is 60.7 Å². The zero-order valence-electron chi connectivity index (χ0n) is 18.7. The Labute approximate surface area is 198 Å². The first-order valence-corrected chi connectivity index (χ1v) is 11.4. The highest BCUT2D eigenvalue weighted by atomic mass is 16.6. The van der Waals surface area contributed by atoms with Crippen LogP contribution in [0.15, 0.2) is 84.7 Å². The van der Waals surface area contributed by atoms with Crippen molar-refractivity contribution in [1.82, 2.24) is 4.90 Å². The molecule has 0 saturated carbocycles. The lowest BCUT2D eigenvalue weighted by Crippen LogP contribution is -2.47. The maximum Gasteiger partial charge on any atom is 0.417 e. The number of unbranched alkanes of at least 4 members (excludes halogenated alkanes) is 1. The molecular formula is C27H27NO6. The van der Waals surface area contributed by atoms with Crippen molar-refractivity contribution in [2.75, 3.05) is 13.2 Å². The van der Waals surface area contributed by atoms with Gasteiger partial charge in [-0.3, -0.25) is 9.59 Å². The fourth-order valence-corrected chi connectivity index (χ4v) is 4.19. The molecular weight excluding hydrogens is 434 g/mol. The van der Waals surface area contributed by atoms with Crippen LogP contribution in [0.5, 0.6) is 0 Å². The third-order valence-electron chi connectivity index (χ3n) is 5.94. The Morgan fingerprint density at radius 1 is 1.06 bits per heavy atom. The second-order valence-corrected chi connectivity index (χ2v) is 8.25. The number of carbonyl (C=O) groups excluding carboxylic acids is 3. The Kier molecular flexibility index (Phi) is 7.54. The van der Waals surface area contributed by atoms with E-state index in [-0.39, 0.29) is 25.4 Å². The van der Waals surface area contributed by atoms with Crippen LogP contribution in [-0.4, -0.2) is 47.1 Å². The van der Waals surface area contributed by atoms with Crippen LogP contribution < -0.4 is 0 Å². The summed E-state index contributed by atoms with van der Waals surface area (Å²) in [4.78, 5) is 40.5. The quantitative estimate of drug-likeness (QED) is 0.602. The number of hydrogen-bond acceptors (Lipinski definition) is 6. The fraction of sp³-hybridized carbons (Fsp3) is 0.296. The summed E-state index contributed by atoms with van der Waals surface area (Å²) in [7, 11) is 0. The van der Waals surface area contributed by atoms with Crippen LogP contribution in [0, 0.1) is 5.92 Å². The van der Waals surface area contributed by atoms with E-state index in [1.165, 1.54) is 6.08 Å². The van der Waals surface area contributed by atoms with E-state index in [4.69, 9.17) is 14.6 Å². The molecule has 2 aliphatic rings. The number of allylic oxidation sites excluding steroid dienone is 2. The maximum absolute atomic E-state index is 13.9. The van der Waals surface area contributed by atoms with E-state index in [9.17, 15) is 14.4 Å². The lowest BCUT2D eigenvalue weighted by molar-refractivity contribution is -0.143.